The van der Waals surface area contributed by atoms with Crippen LogP contribution in [0.1, 0.15) is 111 Å². The first-order valence-corrected chi connectivity index (χ1v) is 10.4. The molecule has 0 aromatic rings. The number of carbonyl (C=O) groups is 1. The van der Waals surface area contributed by atoms with Gasteiger partial charge < -0.3 is 0 Å². The predicted octanol–water partition coefficient (Wildman–Crippen LogP) is 6.94. The van der Waals surface area contributed by atoms with Gasteiger partial charge in [0.15, 0.2) is 0 Å². The van der Waals surface area contributed by atoms with Crippen molar-refractivity contribution in [3.63, 3.8) is 0 Å². The van der Waals surface area contributed by atoms with Gasteiger partial charge in [-0.3, -0.25) is 4.79 Å². The van der Waals surface area contributed by atoms with Crippen molar-refractivity contribution in [2.75, 3.05) is 0 Å². The van der Waals surface area contributed by atoms with Gasteiger partial charge in [-0.1, -0.05) is 66.2 Å². The Morgan fingerprint density at radius 3 is 1.65 bits per heavy atom. The molecule has 0 spiro atoms. The highest BCUT2D eigenvalue weighted by atomic mass is 16.1. The van der Waals surface area contributed by atoms with Crippen LogP contribution in [0, 0.1) is 22.7 Å². The van der Waals surface area contributed by atoms with Crippen molar-refractivity contribution in [3.8, 4) is 0 Å². The van der Waals surface area contributed by atoms with Gasteiger partial charge in [-0.05, 0) is 55.8 Å². The van der Waals surface area contributed by atoms with Crippen LogP contribution < -0.4 is 0 Å². The van der Waals surface area contributed by atoms with Gasteiger partial charge in [0.25, 0.3) is 0 Å². The van der Waals surface area contributed by atoms with E-state index in [1.165, 1.54) is 64.2 Å². The quantitative estimate of drug-likeness (QED) is 0.496. The maximum Gasteiger partial charge on any atom is 0.138 e. The molecule has 0 N–H and O–H groups in total. The highest BCUT2D eigenvalue weighted by Gasteiger charge is 2.42. The second kappa shape index (κ2) is 8.17. The summed E-state index contributed by atoms with van der Waals surface area (Å²) in [6, 6.07) is 0. The van der Waals surface area contributed by atoms with E-state index in [9.17, 15) is 4.79 Å². The molecule has 23 heavy (non-hydrogen) atoms. The van der Waals surface area contributed by atoms with Crippen LogP contribution in [-0.2, 0) is 4.79 Å². The number of ketones is 1. The average molecular weight is 321 g/mol. The lowest BCUT2D eigenvalue weighted by Gasteiger charge is -2.47. The van der Waals surface area contributed by atoms with Gasteiger partial charge in [-0.15, -0.1) is 0 Å². The van der Waals surface area contributed by atoms with E-state index in [2.05, 4.69) is 27.7 Å². The second-order valence-corrected chi connectivity index (χ2v) is 9.34. The summed E-state index contributed by atoms with van der Waals surface area (Å²) >= 11 is 0. The number of carbonyl (C=O) groups excluding carboxylic acids is 1. The van der Waals surface area contributed by atoms with Crippen LogP contribution in [0.3, 0.4) is 0 Å². The molecule has 2 fully saturated rings. The fourth-order valence-electron chi connectivity index (χ4n) is 5.18. The molecule has 0 bridgehead atoms. The van der Waals surface area contributed by atoms with Gasteiger partial charge in [0.1, 0.15) is 5.78 Å². The molecule has 134 valence electrons. The second-order valence-electron chi connectivity index (χ2n) is 9.34. The Kier molecular flexibility index (Phi) is 6.75. The Morgan fingerprint density at radius 1 is 0.826 bits per heavy atom. The van der Waals surface area contributed by atoms with Crippen molar-refractivity contribution >= 4 is 5.78 Å². The third-order valence-corrected chi connectivity index (χ3v) is 7.61. The monoisotopic (exact) mass is 320 g/mol. The maximum atomic E-state index is 12.7. The zero-order chi connectivity index (χ0) is 16.9. The van der Waals surface area contributed by atoms with Crippen molar-refractivity contribution in [2.45, 2.75) is 111 Å². The number of Topliss-reactive ketones (excluding diaryl/α,β-unsaturated/α-hetero) is 1. The van der Waals surface area contributed by atoms with Crippen molar-refractivity contribution in [1.29, 1.82) is 0 Å². The largest absolute Gasteiger partial charge is 0.299 e. The maximum absolute atomic E-state index is 12.7. The Labute approximate surface area is 145 Å². The van der Waals surface area contributed by atoms with Gasteiger partial charge in [-0.25, -0.2) is 0 Å². The van der Waals surface area contributed by atoms with Crippen LogP contribution in [0.2, 0.25) is 0 Å². The molecule has 1 heteroatoms. The molecule has 0 atom stereocenters. The molecular weight excluding hydrogens is 280 g/mol. The summed E-state index contributed by atoms with van der Waals surface area (Å²) in [5, 5.41) is 0. The summed E-state index contributed by atoms with van der Waals surface area (Å²) in [5.74, 6) is 2.24. The molecule has 0 aromatic heterocycles. The van der Waals surface area contributed by atoms with E-state index in [0.29, 0.717) is 11.2 Å². The van der Waals surface area contributed by atoms with Crippen molar-refractivity contribution < 1.29 is 4.79 Å². The predicted molar refractivity (Wildman–Crippen MR) is 99.6 cm³/mol. The topological polar surface area (TPSA) is 17.1 Å². The van der Waals surface area contributed by atoms with E-state index >= 15 is 0 Å². The van der Waals surface area contributed by atoms with Crippen LogP contribution in [0.5, 0.6) is 0 Å². The summed E-state index contributed by atoms with van der Waals surface area (Å²) in [6.07, 6.45) is 17.1. The molecular formula is C22H40O. The number of rotatable bonds is 7. The molecule has 2 aliphatic rings. The smallest absolute Gasteiger partial charge is 0.138 e. The summed E-state index contributed by atoms with van der Waals surface area (Å²) < 4.78 is 0. The van der Waals surface area contributed by atoms with Crippen LogP contribution in [0.4, 0.5) is 0 Å². The van der Waals surface area contributed by atoms with Crippen LogP contribution in [-0.4, -0.2) is 5.78 Å². The standard InChI is InChI=1S/C22H40O/c1-5-21(2,3)20(23)16-17-22(4,18-12-8-6-9-13-18)19-14-10-7-11-15-19/h18-19H,5-17H2,1-4H3. The molecule has 0 aliphatic heterocycles. The van der Waals surface area contributed by atoms with Gasteiger partial charge in [0.05, 0.1) is 0 Å². The van der Waals surface area contributed by atoms with E-state index in [1.807, 2.05) is 0 Å². The Bertz CT molecular complexity index is 351. The van der Waals surface area contributed by atoms with E-state index < -0.39 is 0 Å². The van der Waals surface area contributed by atoms with Crippen molar-refractivity contribution in [2.24, 2.45) is 22.7 Å². The molecule has 2 rings (SSSR count). The lowest BCUT2D eigenvalue weighted by atomic mass is 9.57. The van der Waals surface area contributed by atoms with Crippen LogP contribution >= 0.6 is 0 Å². The normalized spacial score (nSPS) is 22.3. The van der Waals surface area contributed by atoms with Gasteiger partial charge in [-0.2, -0.15) is 0 Å². The molecule has 0 saturated heterocycles. The molecule has 0 amide bonds. The van der Waals surface area contributed by atoms with Crippen LogP contribution in [0.15, 0.2) is 0 Å². The third kappa shape index (κ3) is 4.60. The number of hydrogen-bond acceptors (Lipinski definition) is 1. The summed E-state index contributed by atoms with van der Waals surface area (Å²) in [7, 11) is 0. The highest BCUT2D eigenvalue weighted by Crippen LogP contribution is 2.51. The zero-order valence-electron chi connectivity index (χ0n) is 16.3. The summed E-state index contributed by atoms with van der Waals surface area (Å²) in [6.45, 7) is 8.98. The lowest BCUT2D eigenvalue weighted by Crippen LogP contribution is -2.39. The minimum Gasteiger partial charge on any atom is -0.299 e. The first-order chi connectivity index (χ1) is 10.9. The molecule has 2 saturated carbocycles. The van der Waals surface area contributed by atoms with E-state index in [0.717, 1.165) is 31.1 Å². The first-order valence-electron chi connectivity index (χ1n) is 10.4. The minimum atomic E-state index is -0.125. The van der Waals surface area contributed by atoms with E-state index in [4.69, 9.17) is 0 Å². The third-order valence-electron chi connectivity index (χ3n) is 7.61. The van der Waals surface area contributed by atoms with Gasteiger partial charge in [0, 0.05) is 11.8 Å². The summed E-state index contributed by atoms with van der Waals surface area (Å²) in [5.41, 5.74) is 0.292. The SMILES string of the molecule is CCC(C)(C)C(=O)CCC(C)(C1CCCCC1)C1CCCCC1. The van der Waals surface area contributed by atoms with Crippen molar-refractivity contribution in [3.05, 3.63) is 0 Å². The van der Waals surface area contributed by atoms with E-state index in [1.54, 1.807) is 0 Å². The average Bonchev–Trinajstić information content (AvgIpc) is 2.60. The van der Waals surface area contributed by atoms with Crippen molar-refractivity contribution in [1.82, 2.24) is 0 Å². The Morgan fingerprint density at radius 2 is 1.26 bits per heavy atom. The zero-order valence-corrected chi connectivity index (χ0v) is 16.3. The lowest BCUT2D eigenvalue weighted by molar-refractivity contribution is -0.128. The molecule has 2 aliphatic carbocycles. The minimum absolute atomic E-state index is 0.125. The van der Waals surface area contributed by atoms with Gasteiger partial charge in [0.2, 0.25) is 0 Å². The fourth-order valence-corrected chi connectivity index (χ4v) is 5.18. The van der Waals surface area contributed by atoms with Gasteiger partial charge >= 0.3 is 0 Å². The summed E-state index contributed by atoms with van der Waals surface area (Å²) in [4.78, 5) is 12.7. The first kappa shape index (κ1) is 19.0. The Balaban J connectivity index is 2.07. The van der Waals surface area contributed by atoms with E-state index in [-0.39, 0.29) is 5.41 Å². The number of hydrogen-bond donors (Lipinski definition) is 0. The molecule has 0 unspecified atom stereocenters. The molecule has 0 radical (unpaired) electrons. The fraction of sp³-hybridized carbons (Fsp3) is 0.955. The Hall–Kier alpha value is -0.330. The molecule has 0 heterocycles. The molecule has 1 nitrogen and oxygen atoms in total. The highest BCUT2D eigenvalue weighted by molar-refractivity contribution is 5.83. The molecule has 0 aromatic carbocycles. The van der Waals surface area contributed by atoms with Crippen LogP contribution in [0.25, 0.3) is 0 Å².